The lowest BCUT2D eigenvalue weighted by atomic mass is 10.1. The fraction of sp³-hybridized carbons (Fsp3) is 0.227. The number of benzene rings is 2. The minimum absolute atomic E-state index is 0.132. The number of carbonyl (C=O) groups excluding carboxylic acids is 1. The molecule has 8 nitrogen and oxygen atoms in total. The molecule has 1 N–H and O–H groups in total. The van der Waals surface area contributed by atoms with Gasteiger partial charge in [0.05, 0.1) is 37.5 Å². The summed E-state index contributed by atoms with van der Waals surface area (Å²) in [6, 6.07) is 9.78. The number of hydrogen-bond donors (Lipinski definition) is 1. The summed E-state index contributed by atoms with van der Waals surface area (Å²) >= 11 is 1.22. The molecule has 0 spiro atoms. The number of hydrogen-bond acceptors (Lipinski definition) is 7. The van der Waals surface area contributed by atoms with E-state index in [4.69, 9.17) is 14.2 Å². The number of amidine groups is 1. The van der Waals surface area contributed by atoms with Gasteiger partial charge in [-0.05, 0) is 60.7 Å². The fourth-order valence-electron chi connectivity index (χ4n) is 3.03. The first-order chi connectivity index (χ1) is 14.9. The Morgan fingerprint density at radius 2 is 1.81 bits per heavy atom. The van der Waals surface area contributed by atoms with Crippen LogP contribution in [-0.2, 0) is 4.79 Å². The Labute approximate surface area is 184 Å². The molecule has 0 aliphatic carbocycles. The van der Waals surface area contributed by atoms with Crippen molar-refractivity contribution >= 4 is 40.6 Å². The van der Waals surface area contributed by atoms with E-state index in [1.807, 2.05) is 6.92 Å². The normalized spacial score (nSPS) is 16.1. The summed E-state index contributed by atoms with van der Waals surface area (Å²) in [6.45, 7) is 2.28. The first-order valence-electron chi connectivity index (χ1n) is 9.35. The molecule has 9 heteroatoms. The summed E-state index contributed by atoms with van der Waals surface area (Å²) in [5.41, 5.74) is 1.30. The maximum atomic E-state index is 12.9. The molecule has 31 heavy (non-hydrogen) atoms. The van der Waals surface area contributed by atoms with Gasteiger partial charge in [-0.3, -0.25) is 9.69 Å². The number of methoxy groups -OCH3 is 3. The van der Waals surface area contributed by atoms with Crippen LogP contribution in [-0.4, -0.2) is 54.9 Å². The van der Waals surface area contributed by atoms with E-state index in [0.29, 0.717) is 45.1 Å². The van der Waals surface area contributed by atoms with E-state index in [2.05, 4.69) is 4.99 Å². The first kappa shape index (κ1) is 22.2. The molecule has 1 aliphatic heterocycles. The van der Waals surface area contributed by atoms with Gasteiger partial charge in [-0.15, -0.1) is 0 Å². The zero-order valence-corrected chi connectivity index (χ0v) is 18.4. The lowest BCUT2D eigenvalue weighted by Crippen LogP contribution is -2.28. The van der Waals surface area contributed by atoms with E-state index in [1.54, 1.807) is 35.2 Å². The zero-order chi connectivity index (χ0) is 22.5. The number of carbonyl (C=O) groups is 2. The highest BCUT2D eigenvalue weighted by molar-refractivity contribution is 8.18. The van der Waals surface area contributed by atoms with E-state index in [9.17, 15) is 14.7 Å². The molecule has 0 bridgehead atoms. The van der Waals surface area contributed by atoms with Crippen molar-refractivity contribution in [1.82, 2.24) is 4.90 Å². The van der Waals surface area contributed by atoms with Crippen LogP contribution < -0.4 is 14.2 Å². The van der Waals surface area contributed by atoms with Crippen LogP contribution in [0.5, 0.6) is 17.2 Å². The van der Waals surface area contributed by atoms with Crippen molar-refractivity contribution < 1.29 is 28.9 Å². The predicted octanol–water partition coefficient (Wildman–Crippen LogP) is 4.03. The zero-order valence-electron chi connectivity index (χ0n) is 17.5. The highest BCUT2D eigenvalue weighted by Gasteiger charge is 2.32. The number of ether oxygens (including phenoxy) is 3. The number of amides is 1. The minimum atomic E-state index is -1.03. The Kier molecular flexibility index (Phi) is 6.86. The quantitative estimate of drug-likeness (QED) is 0.647. The maximum Gasteiger partial charge on any atom is 0.335 e. The van der Waals surface area contributed by atoms with Gasteiger partial charge >= 0.3 is 5.97 Å². The van der Waals surface area contributed by atoms with Crippen molar-refractivity contribution in [2.45, 2.75) is 6.92 Å². The summed E-state index contributed by atoms with van der Waals surface area (Å²) in [7, 11) is 4.58. The van der Waals surface area contributed by atoms with Crippen LogP contribution in [0.15, 0.2) is 46.3 Å². The van der Waals surface area contributed by atoms with Crippen molar-refractivity contribution in [3.8, 4) is 17.2 Å². The molecule has 0 saturated carbocycles. The smallest absolute Gasteiger partial charge is 0.335 e. The van der Waals surface area contributed by atoms with Crippen LogP contribution in [0.1, 0.15) is 22.8 Å². The van der Waals surface area contributed by atoms with Gasteiger partial charge in [-0.2, -0.15) is 0 Å². The number of rotatable bonds is 7. The summed E-state index contributed by atoms with van der Waals surface area (Å²) < 4.78 is 16.1. The number of likely N-dealkylation sites (N-methyl/N-ethyl adjacent to an activating group) is 1. The van der Waals surface area contributed by atoms with Crippen LogP contribution >= 0.6 is 11.8 Å². The van der Waals surface area contributed by atoms with Crippen LogP contribution in [0.4, 0.5) is 5.69 Å². The van der Waals surface area contributed by atoms with Crippen molar-refractivity contribution in [3.05, 3.63) is 52.4 Å². The second kappa shape index (κ2) is 9.57. The van der Waals surface area contributed by atoms with E-state index in [0.717, 1.165) is 0 Å². The summed E-state index contributed by atoms with van der Waals surface area (Å²) in [5.74, 6) is 0.210. The third-order valence-electron chi connectivity index (χ3n) is 4.51. The van der Waals surface area contributed by atoms with Crippen molar-refractivity contribution in [1.29, 1.82) is 0 Å². The van der Waals surface area contributed by atoms with E-state index in [-0.39, 0.29) is 11.5 Å². The van der Waals surface area contributed by atoms with Gasteiger partial charge in [0.25, 0.3) is 5.91 Å². The first-order valence-corrected chi connectivity index (χ1v) is 10.2. The average Bonchev–Trinajstić information content (AvgIpc) is 3.06. The Balaban J connectivity index is 1.99. The van der Waals surface area contributed by atoms with Crippen LogP contribution in [0, 0.1) is 0 Å². The van der Waals surface area contributed by atoms with Gasteiger partial charge < -0.3 is 19.3 Å². The maximum absolute atomic E-state index is 12.9. The average molecular weight is 442 g/mol. The monoisotopic (exact) mass is 442 g/mol. The number of carboxylic acid groups (broad SMARTS) is 1. The number of nitrogens with zero attached hydrogens (tertiary/aromatic N) is 2. The predicted molar refractivity (Wildman–Crippen MR) is 120 cm³/mol. The van der Waals surface area contributed by atoms with Gasteiger partial charge in [0.1, 0.15) is 0 Å². The number of carboxylic acids is 1. The molecule has 162 valence electrons. The lowest BCUT2D eigenvalue weighted by molar-refractivity contribution is -0.122. The van der Waals surface area contributed by atoms with E-state index < -0.39 is 5.97 Å². The molecule has 2 aromatic rings. The summed E-state index contributed by atoms with van der Waals surface area (Å²) in [5, 5.41) is 9.66. The molecule has 2 aromatic carbocycles. The number of thioether (sulfide) groups is 1. The molecule has 1 aliphatic rings. The lowest BCUT2D eigenvalue weighted by Gasteiger charge is -2.13. The summed E-state index contributed by atoms with van der Waals surface area (Å²) in [6.07, 6.45) is 1.73. The van der Waals surface area contributed by atoms with E-state index in [1.165, 1.54) is 45.2 Å². The largest absolute Gasteiger partial charge is 0.493 e. The molecule has 1 heterocycles. The van der Waals surface area contributed by atoms with Crippen molar-refractivity contribution in [2.24, 2.45) is 4.99 Å². The standard InChI is InChI=1S/C22H22N2O6S/c1-5-24-20(25)18(11-13-9-16(28-2)19(30-4)17(10-13)29-3)31-22(24)23-15-8-6-7-14(12-15)21(26)27/h6-12H,5H2,1-4H3,(H,26,27). The Morgan fingerprint density at radius 3 is 2.35 bits per heavy atom. The second-order valence-electron chi connectivity index (χ2n) is 6.37. The van der Waals surface area contributed by atoms with Crippen LogP contribution in [0.2, 0.25) is 0 Å². The SMILES string of the molecule is CCN1C(=O)C(=Cc2cc(OC)c(OC)c(OC)c2)SC1=Nc1cccc(C(=O)O)c1. The number of aliphatic imine (C=N–C) groups is 1. The molecule has 0 aromatic heterocycles. The number of aromatic carboxylic acids is 1. The molecule has 3 rings (SSSR count). The van der Waals surface area contributed by atoms with Gasteiger partial charge in [0, 0.05) is 6.54 Å². The van der Waals surface area contributed by atoms with Gasteiger partial charge in [0.15, 0.2) is 16.7 Å². The molecule has 1 fully saturated rings. The summed E-state index contributed by atoms with van der Waals surface area (Å²) in [4.78, 5) is 30.7. The minimum Gasteiger partial charge on any atom is -0.493 e. The molecule has 1 amide bonds. The van der Waals surface area contributed by atoms with Gasteiger partial charge in [0.2, 0.25) is 5.75 Å². The van der Waals surface area contributed by atoms with Gasteiger partial charge in [-0.25, -0.2) is 9.79 Å². The molecular weight excluding hydrogens is 420 g/mol. The Hall–Kier alpha value is -3.46. The van der Waals surface area contributed by atoms with Crippen LogP contribution in [0.3, 0.4) is 0 Å². The second-order valence-corrected chi connectivity index (χ2v) is 7.38. The topological polar surface area (TPSA) is 97.7 Å². The fourth-order valence-corrected chi connectivity index (χ4v) is 4.09. The Morgan fingerprint density at radius 1 is 1.13 bits per heavy atom. The van der Waals surface area contributed by atoms with Crippen LogP contribution in [0.25, 0.3) is 6.08 Å². The molecular formula is C22H22N2O6S. The third-order valence-corrected chi connectivity index (χ3v) is 5.51. The van der Waals surface area contributed by atoms with Gasteiger partial charge in [-0.1, -0.05) is 6.07 Å². The molecule has 0 unspecified atom stereocenters. The van der Waals surface area contributed by atoms with E-state index >= 15 is 0 Å². The molecule has 1 saturated heterocycles. The highest BCUT2D eigenvalue weighted by atomic mass is 32.2. The van der Waals surface area contributed by atoms with Crippen molar-refractivity contribution in [3.63, 3.8) is 0 Å². The highest BCUT2D eigenvalue weighted by Crippen LogP contribution is 2.40. The molecule has 0 atom stereocenters. The third kappa shape index (κ3) is 4.66. The van der Waals surface area contributed by atoms with Crippen molar-refractivity contribution in [2.75, 3.05) is 27.9 Å². The Bertz CT molecular complexity index is 1050. The molecule has 0 radical (unpaired) electrons.